The van der Waals surface area contributed by atoms with Gasteiger partial charge in [-0.1, -0.05) is 29.8 Å². The van der Waals surface area contributed by atoms with Crippen molar-refractivity contribution < 1.29 is 14.6 Å². The third-order valence-corrected chi connectivity index (χ3v) is 5.11. The number of rotatable bonds is 5. The van der Waals surface area contributed by atoms with Crippen LogP contribution in [0.4, 0.5) is 17.1 Å². The summed E-state index contributed by atoms with van der Waals surface area (Å²) in [6, 6.07) is 10.2. The van der Waals surface area contributed by atoms with Crippen LogP contribution in [-0.2, 0) is 0 Å². The number of nitro benzene ring substituents is 2. The summed E-state index contributed by atoms with van der Waals surface area (Å²) in [6.45, 7) is 0. The van der Waals surface area contributed by atoms with E-state index in [0.717, 1.165) is 28.3 Å². The number of fused-ring (bicyclic) bond motifs is 1. The number of hydrogen-bond acceptors (Lipinski definition) is 7. The summed E-state index contributed by atoms with van der Waals surface area (Å²) in [5.41, 5.74) is 3.68. The first kappa shape index (κ1) is 17.6. The number of nitrogens with zero attached hydrogens (tertiary/aromatic N) is 2. The van der Waals surface area contributed by atoms with E-state index >= 15 is 0 Å². The predicted molar refractivity (Wildman–Crippen MR) is 97.7 cm³/mol. The van der Waals surface area contributed by atoms with Gasteiger partial charge in [-0.25, -0.2) is 0 Å². The maximum absolute atomic E-state index is 12.3. The summed E-state index contributed by atoms with van der Waals surface area (Å²) in [5, 5.41) is 22.8. The molecular formula is C15H9ClN4O5S. The van der Waals surface area contributed by atoms with Gasteiger partial charge in [-0.15, -0.1) is 11.3 Å². The summed E-state index contributed by atoms with van der Waals surface area (Å²) >= 11 is 7.39. The van der Waals surface area contributed by atoms with Gasteiger partial charge >= 0.3 is 5.69 Å². The molecule has 2 aromatic carbocycles. The highest BCUT2D eigenvalue weighted by molar-refractivity contribution is 7.21. The molecule has 2 N–H and O–H groups in total. The Balaban J connectivity index is 1.84. The van der Waals surface area contributed by atoms with Gasteiger partial charge < -0.3 is 0 Å². The molecule has 26 heavy (non-hydrogen) atoms. The second-order valence-corrected chi connectivity index (χ2v) is 6.47. The van der Waals surface area contributed by atoms with Gasteiger partial charge in [0.25, 0.3) is 11.6 Å². The number of thiophene rings is 1. The standard InChI is InChI=1S/C15H9ClN4O5S/c16-13-9-3-1-2-4-12(9)26-14(13)15(21)18-17-10-6-5-8(19(22)23)7-11(10)20(24)25/h1-7,17H,(H,18,21). The molecular weight excluding hydrogens is 384 g/mol. The van der Waals surface area contributed by atoms with E-state index in [1.54, 1.807) is 12.1 Å². The van der Waals surface area contributed by atoms with E-state index in [-0.39, 0.29) is 15.6 Å². The first-order chi connectivity index (χ1) is 12.4. The van der Waals surface area contributed by atoms with Crippen LogP contribution in [0.3, 0.4) is 0 Å². The van der Waals surface area contributed by atoms with Gasteiger partial charge in [0.1, 0.15) is 10.6 Å². The molecule has 0 fully saturated rings. The minimum Gasteiger partial charge on any atom is -0.292 e. The number of halogens is 1. The van der Waals surface area contributed by atoms with Crippen molar-refractivity contribution in [1.82, 2.24) is 5.43 Å². The van der Waals surface area contributed by atoms with E-state index in [9.17, 15) is 25.0 Å². The van der Waals surface area contributed by atoms with Gasteiger partial charge in [0, 0.05) is 16.2 Å². The zero-order valence-electron chi connectivity index (χ0n) is 12.8. The molecule has 0 unspecified atom stereocenters. The fourth-order valence-corrected chi connectivity index (χ4v) is 3.64. The monoisotopic (exact) mass is 392 g/mol. The molecule has 0 aliphatic rings. The third-order valence-electron chi connectivity index (χ3n) is 3.44. The Bertz CT molecular complexity index is 1050. The molecule has 1 amide bonds. The molecule has 0 aliphatic carbocycles. The summed E-state index contributed by atoms with van der Waals surface area (Å²) in [4.78, 5) is 32.9. The van der Waals surface area contributed by atoms with Gasteiger partial charge in [0.15, 0.2) is 0 Å². The summed E-state index contributed by atoms with van der Waals surface area (Å²) in [5.74, 6) is -0.580. The molecule has 9 nitrogen and oxygen atoms in total. The zero-order chi connectivity index (χ0) is 18.8. The Hall–Kier alpha value is -3.24. The molecule has 132 valence electrons. The molecule has 0 spiro atoms. The lowest BCUT2D eigenvalue weighted by molar-refractivity contribution is -0.393. The van der Waals surface area contributed by atoms with Crippen molar-refractivity contribution in [1.29, 1.82) is 0 Å². The van der Waals surface area contributed by atoms with E-state index < -0.39 is 27.1 Å². The number of hydrogen-bond donors (Lipinski definition) is 2. The predicted octanol–water partition coefficient (Wildman–Crippen LogP) is 4.13. The SMILES string of the molecule is O=C(NNc1ccc([N+](=O)[O-])cc1[N+](=O)[O-])c1sc2ccccc2c1Cl. The van der Waals surface area contributed by atoms with Crippen LogP contribution in [0.1, 0.15) is 9.67 Å². The minimum atomic E-state index is -0.784. The molecule has 1 heterocycles. The lowest BCUT2D eigenvalue weighted by atomic mass is 10.2. The van der Waals surface area contributed by atoms with E-state index in [1.165, 1.54) is 11.3 Å². The molecule has 0 saturated carbocycles. The van der Waals surface area contributed by atoms with E-state index in [2.05, 4.69) is 10.9 Å². The van der Waals surface area contributed by atoms with Crippen molar-refractivity contribution in [3.8, 4) is 0 Å². The average molecular weight is 393 g/mol. The van der Waals surface area contributed by atoms with Crippen molar-refractivity contribution in [2.75, 3.05) is 5.43 Å². The van der Waals surface area contributed by atoms with Crippen molar-refractivity contribution >= 4 is 56.0 Å². The summed E-state index contributed by atoms with van der Waals surface area (Å²) in [6.07, 6.45) is 0. The fourth-order valence-electron chi connectivity index (χ4n) is 2.23. The molecule has 1 aromatic heterocycles. The molecule has 0 atom stereocenters. The molecule has 0 saturated heterocycles. The lowest BCUT2D eigenvalue weighted by Crippen LogP contribution is -2.29. The van der Waals surface area contributed by atoms with Crippen molar-refractivity contribution in [3.05, 3.63) is 72.6 Å². The Labute approximate surface area is 154 Å². The van der Waals surface area contributed by atoms with Crippen LogP contribution < -0.4 is 10.9 Å². The topological polar surface area (TPSA) is 127 Å². The maximum atomic E-state index is 12.3. The van der Waals surface area contributed by atoms with Crippen LogP contribution in [0.2, 0.25) is 5.02 Å². The summed E-state index contributed by atoms with van der Waals surface area (Å²) < 4.78 is 0.823. The zero-order valence-corrected chi connectivity index (χ0v) is 14.3. The number of carbonyl (C=O) groups excluding carboxylic acids is 1. The van der Waals surface area contributed by atoms with Crippen LogP contribution in [0.25, 0.3) is 10.1 Å². The highest BCUT2D eigenvalue weighted by atomic mass is 35.5. The smallest absolute Gasteiger partial charge is 0.292 e. The first-order valence-electron chi connectivity index (χ1n) is 7.04. The van der Waals surface area contributed by atoms with Crippen LogP contribution in [-0.4, -0.2) is 15.8 Å². The van der Waals surface area contributed by atoms with E-state index in [0.29, 0.717) is 0 Å². The number of benzene rings is 2. The highest BCUT2D eigenvalue weighted by Gasteiger charge is 2.21. The largest absolute Gasteiger partial charge is 0.300 e. The Morgan fingerprint density at radius 3 is 2.46 bits per heavy atom. The molecule has 3 rings (SSSR count). The van der Waals surface area contributed by atoms with Gasteiger partial charge in [-0.05, 0) is 12.1 Å². The second-order valence-electron chi connectivity index (χ2n) is 5.04. The van der Waals surface area contributed by atoms with Crippen LogP contribution in [0.15, 0.2) is 42.5 Å². The van der Waals surface area contributed by atoms with Gasteiger partial charge in [-0.3, -0.25) is 35.9 Å². The number of nitro groups is 2. The van der Waals surface area contributed by atoms with Crippen molar-refractivity contribution in [2.24, 2.45) is 0 Å². The van der Waals surface area contributed by atoms with Gasteiger partial charge in [0.05, 0.1) is 20.9 Å². The van der Waals surface area contributed by atoms with Gasteiger partial charge in [-0.2, -0.15) is 0 Å². The number of amides is 1. The molecule has 0 bridgehead atoms. The molecule has 3 aromatic rings. The van der Waals surface area contributed by atoms with Crippen molar-refractivity contribution in [3.63, 3.8) is 0 Å². The normalized spacial score (nSPS) is 10.5. The quantitative estimate of drug-likeness (QED) is 0.496. The maximum Gasteiger partial charge on any atom is 0.300 e. The fraction of sp³-hybridized carbons (Fsp3) is 0. The minimum absolute atomic E-state index is 0.0915. The Morgan fingerprint density at radius 2 is 1.81 bits per heavy atom. The first-order valence-corrected chi connectivity index (χ1v) is 8.24. The van der Waals surface area contributed by atoms with Crippen molar-refractivity contribution in [2.45, 2.75) is 0 Å². The molecule has 11 heteroatoms. The Morgan fingerprint density at radius 1 is 1.08 bits per heavy atom. The van der Waals surface area contributed by atoms with Crippen LogP contribution in [0, 0.1) is 20.2 Å². The second kappa shape index (κ2) is 6.94. The third kappa shape index (κ3) is 3.27. The average Bonchev–Trinajstić information content (AvgIpc) is 2.96. The number of non-ortho nitro benzene ring substituents is 1. The molecule has 0 radical (unpaired) electrons. The van der Waals surface area contributed by atoms with Gasteiger partial charge in [0.2, 0.25) is 0 Å². The van der Waals surface area contributed by atoms with E-state index in [1.807, 2.05) is 12.1 Å². The number of carbonyl (C=O) groups is 1. The number of anilines is 1. The van der Waals surface area contributed by atoms with Crippen LogP contribution >= 0.6 is 22.9 Å². The highest BCUT2D eigenvalue weighted by Crippen LogP contribution is 2.35. The van der Waals surface area contributed by atoms with Crippen LogP contribution in [0.5, 0.6) is 0 Å². The Kier molecular flexibility index (Phi) is 4.69. The lowest BCUT2D eigenvalue weighted by Gasteiger charge is -2.08. The molecule has 0 aliphatic heterocycles. The number of hydrazine groups is 1. The van der Waals surface area contributed by atoms with E-state index in [4.69, 9.17) is 11.6 Å². The summed E-state index contributed by atoms with van der Waals surface area (Å²) in [7, 11) is 0. The number of nitrogens with one attached hydrogen (secondary N) is 2.